The number of carboxylic acid groups (broad SMARTS) is 1. The van der Waals surface area contributed by atoms with Crippen molar-refractivity contribution in [3.05, 3.63) is 85.8 Å². The molecule has 1 heterocycles. The molecule has 0 bridgehead atoms. The van der Waals surface area contributed by atoms with Gasteiger partial charge in [0.25, 0.3) is 0 Å². The summed E-state index contributed by atoms with van der Waals surface area (Å²) >= 11 is 0. The van der Waals surface area contributed by atoms with E-state index in [2.05, 4.69) is 4.98 Å². The monoisotopic (exact) mass is 440 g/mol. The highest BCUT2D eigenvalue weighted by Gasteiger charge is 2.23. The number of carboxylic acids is 1. The third-order valence-electron chi connectivity index (χ3n) is 4.64. The fraction of sp³-hybridized carbons (Fsp3) is 0.143. The zero-order chi connectivity index (χ0) is 23.4. The highest BCUT2D eigenvalue weighted by Crippen LogP contribution is 2.39. The lowest BCUT2D eigenvalue weighted by Gasteiger charge is -2.13. The van der Waals surface area contributed by atoms with Crippen molar-refractivity contribution in [2.24, 2.45) is 5.73 Å². The van der Waals surface area contributed by atoms with Gasteiger partial charge in [0.2, 0.25) is 11.3 Å². The number of nitro groups is 1. The predicted molar refractivity (Wildman–Crippen MR) is 115 cm³/mol. The number of benzene rings is 2. The SMILES string of the molecule is Nc1cc(C[C@@H](N)C(=O)O)cc([N+](=O)[O-])c1Oc1ccc(O)c(Cc2ccc(=O)[nH]c2)c1. The Kier molecular flexibility index (Phi) is 6.40. The summed E-state index contributed by atoms with van der Waals surface area (Å²) in [6.45, 7) is 0. The Morgan fingerprint density at radius 1 is 1.19 bits per heavy atom. The first-order chi connectivity index (χ1) is 15.1. The number of phenols is 1. The zero-order valence-corrected chi connectivity index (χ0v) is 16.6. The molecule has 0 unspecified atom stereocenters. The average molecular weight is 440 g/mol. The van der Waals surface area contributed by atoms with Gasteiger partial charge in [-0.25, -0.2) is 0 Å². The maximum absolute atomic E-state index is 11.6. The van der Waals surface area contributed by atoms with Gasteiger partial charge in [-0.3, -0.25) is 19.7 Å². The van der Waals surface area contributed by atoms with Gasteiger partial charge in [0.05, 0.1) is 10.6 Å². The Hall–Kier alpha value is -4.38. The van der Waals surface area contributed by atoms with Crippen LogP contribution in [0.15, 0.2) is 53.5 Å². The molecule has 0 radical (unpaired) electrons. The van der Waals surface area contributed by atoms with E-state index in [9.17, 15) is 24.8 Å². The van der Waals surface area contributed by atoms with E-state index in [0.717, 1.165) is 11.6 Å². The Bertz CT molecular complexity index is 1220. The molecule has 0 saturated carbocycles. The number of aromatic nitrogens is 1. The predicted octanol–water partition coefficient (Wildman–Crippen LogP) is 1.91. The van der Waals surface area contributed by atoms with E-state index in [1.807, 2.05) is 0 Å². The van der Waals surface area contributed by atoms with Crippen LogP contribution in [0.25, 0.3) is 0 Å². The minimum absolute atomic E-state index is 0.0240. The maximum Gasteiger partial charge on any atom is 0.320 e. The first kappa shape index (κ1) is 22.3. The minimum atomic E-state index is -1.24. The zero-order valence-electron chi connectivity index (χ0n) is 16.6. The van der Waals surface area contributed by atoms with Crippen molar-refractivity contribution in [3.63, 3.8) is 0 Å². The molecule has 0 saturated heterocycles. The number of anilines is 1. The first-order valence-electron chi connectivity index (χ1n) is 9.36. The normalized spacial score (nSPS) is 11.7. The summed E-state index contributed by atoms with van der Waals surface area (Å²) in [4.78, 5) is 35.6. The molecule has 7 N–H and O–H groups in total. The van der Waals surface area contributed by atoms with Crippen LogP contribution in [0.5, 0.6) is 17.2 Å². The molecule has 0 aliphatic carbocycles. The molecule has 11 heteroatoms. The van der Waals surface area contributed by atoms with E-state index in [1.165, 1.54) is 36.5 Å². The number of ether oxygens (including phenoxy) is 1. The second-order valence-electron chi connectivity index (χ2n) is 7.07. The van der Waals surface area contributed by atoms with E-state index in [0.29, 0.717) is 5.56 Å². The molecule has 0 aliphatic rings. The molecular weight excluding hydrogens is 420 g/mol. The number of carbonyl (C=O) groups is 1. The Balaban J connectivity index is 1.92. The summed E-state index contributed by atoms with van der Waals surface area (Å²) in [6.07, 6.45) is 1.63. The number of aromatic hydroxyl groups is 1. The summed E-state index contributed by atoms with van der Waals surface area (Å²) in [7, 11) is 0. The van der Waals surface area contributed by atoms with Gasteiger partial charge < -0.3 is 31.4 Å². The lowest BCUT2D eigenvalue weighted by atomic mass is 10.0. The molecular formula is C21H20N4O7. The fourth-order valence-electron chi connectivity index (χ4n) is 3.06. The highest BCUT2D eigenvalue weighted by molar-refractivity contribution is 5.74. The van der Waals surface area contributed by atoms with Gasteiger partial charge >= 0.3 is 11.7 Å². The molecule has 3 rings (SSSR count). The fourth-order valence-corrected chi connectivity index (χ4v) is 3.06. The summed E-state index contributed by atoms with van der Waals surface area (Å²) in [5, 5.41) is 30.7. The van der Waals surface area contributed by atoms with Crippen LogP contribution >= 0.6 is 0 Å². The third kappa shape index (κ3) is 5.21. The molecule has 3 aromatic rings. The lowest BCUT2D eigenvalue weighted by molar-refractivity contribution is -0.385. The molecule has 32 heavy (non-hydrogen) atoms. The van der Waals surface area contributed by atoms with Gasteiger partial charge in [-0.15, -0.1) is 0 Å². The molecule has 166 valence electrons. The Labute approximate surface area is 181 Å². The van der Waals surface area contributed by atoms with Crippen molar-refractivity contribution in [2.75, 3.05) is 5.73 Å². The number of nitrogen functional groups attached to an aromatic ring is 1. The van der Waals surface area contributed by atoms with Crippen molar-refractivity contribution in [1.29, 1.82) is 0 Å². The van der Waals surface area contributed by atoms with Crippen molar-refractivity contribution in [3.8, 4) is 17.2 Å². The largest absolute Gasteiger partial charge is 0.508 e. The number of nitrogens with two attached hydrogens (primary N) is 2. The van der Waals surface area contributed by atoms with E-state index in [-0.39, 0.29) is 46.9 Å². The van der Waals surface area contributed by atoms with Crippen LogP contribution in [-0.2, 0) is 17.6 Å². The van der Waals surface area contributed by atoms with E-state index in [1.54, 1.807) is 6.07 Å². The lowest BCUT2D eigenvalue weighted by Crippen LogP contribution is -2.32. The Morgan fingerprint density at radius 3 is 2.56 bits per heavy atom. The van der Waals surface area contributed by atoms with Gasteiger partial charge in [0, 0.05) is 30.3 Å². The van der Waals surface area contributed by atoms with Crippen molar-refractivity contribution in [2.45, 2.75) is 18.9 Å². The first-order valence-corrected chi connectivity index (χ1v) is 9.36. The van der Waals surface area contributed by atoms with Gasteiger partial charge in [0.15, 0.2) is 0 Å². The van der Waals surface area contributed by atoms with E-state index >= 15 is 0 Å². The number of H-pyrrole nitrogens is 1. The van der Waals surface area contributed by atoms with Crippen molar-refractivity contribution >= 4 is 17.3 Å². The molecule has 0 spiro atoms. The number of nitrogens with zero attached hydrogens (tertiary/aromatic N) is 1. The third-order valence-corrected chi connectivity index (χ3v) is 4.64. The highest BCUT2D eigenvalue weighted by atomic mass is 16.6. The second-order valence-corrected chi connectivity index (χ2v) is 7.07. The standard InChI is InChI=1S/C21H20N4O7/c22-15-6-12(7-16(23)21(28)29)8-17(25(30)31)20(15)32-14-2-3-18(26)13(9-14)5-11-1-4-19(27)24-10-11/h1-4,6,8-10,16,26H,5,7,22-23H2,(H,24,27)(H,28,29)/t16-/m1/s1. The molecule has 0 aliphatic heterocycles. The molecule has 1 aromatic heterocycles. The number of nitrogens with one attached hydrogen (secondary N) is 1. The minimum Gasteiger partial charge on any atom is -0.508 e. The number of hydrogen-bond acceptors (Lipinski definition) is 8. The molecule has 0 fully saturated rings. The number of aromatic amines is 1. The van der Waals surface area contributed by atoms with Crippen LogP contribution in [0.2, 0.25) is 0 Å². The van der Waals surface area contributed by atoms with Crippen LogP contribution in [0.3, 0.4) is 0 Å². The summed E-state index contributed by atoms with van der Waals surface area (Å²) in [5.74, 6) is -1.30. The van der Waals surface area contributed by atoms with Crippen LogP contribution in [-0.4, -0.2) is 32.1 Å². The topological polar surface area (TPSA) is 195 Å². The smallest absolute Gasteiger partial charge is 0.320 e. The van der Waals surface area contributed by atoms with Crippen LogP contribution < -0.4 is 21.8 Å². The molecule has 1 atom stereocenters. The van der Waals surface area contributed by atoms with E-state index < -0.39 is 22.6 Å². The number of pyridine rings is 1. The van der Waals surface area contributed by atoms with Gasteiger partial charge in [0.1, 0.15) is 17.5 Å². The maximum atomic E-state index is 11.6. The van der Waals surface area contributed by atoms with Gasteiger partial charge in [-0.1, -0.05) is 6.07 Å². The quantitative estimate of drug-likeness (QED) is 0.197. The van der Waals surface area contributed by atoms with Crippen LogP contribution in [0.4, 0.5) is 11.4 Å². The van der Waals surface area contributed by atoms with Crippen molar-refractivity contribution < 1.29 is 24.7 Å². The molecule has 2 aromatic carbocycles. The second kappa shape index (κ2) is 9.18. The van der Waals surface area contributed by atoms with E-state index in [4.69, 9.17) is 21.3 Å². The summed E-state index contributed by atoms with van der Waals surface area (Å²) < 4.78 is 5.68. The van der Waals surface area contributed by atoms with Crippen molar-refractivity contribution in [1.82, 2.24) is 4.98 Å². The van der Waals surface area contributed by atoms with Gasteiger partial charge in [-0.2, -0.15) is 0 Å². The number of nitro benzene ring substituents is 1. The summed E-state index contributed by atoms with van der Waals surface area (Å²) in [5.41, 5.74) is 12.2. The van der Waals surface area contributed by atoms with Crippen LogP contribution in [0.1, 0.15) is 16.7 Å². The molecule has 11 nitrogen and oxygen atoms in total. The van der Waals surface area contributed by atoms with Gasteiger partial charge in [-0.05, 0) is 41.8 Å². The number of aliphatic carboxylic acids is 1. The Morgan fingerprint density at radius 2 is 1.94 bits per heavy atom. The number of phenolic OH excluding ortho intramolecular Hbond substituents is 1. The number of rotatable bonds is 8. The summed E-state index contributed by atoms with van der Waals surface area (Å²) in [6, 6.07) is 8.54. The number of hydrogen-bond donors (Lipinski definition) is 5. The van der Waals surface area contributed by atoms with Crippen LogP contribution in [0, 0.1) is 10.1 Å². The average Bonchev–Trinajstić information content (AvgIpc) is 2.73. The molecule has 0 amide bonds.